The Kier molecular flexibility index (Phi) is 2.94. The van der Waals surface area contributed by atoms with E-state index >= 15 is 0 Å². The van der Waals surface area contributed by atoms with E-state index in [1.54, 1.807) is 11.3 Å². The molecule has 90 valence electrons. The van der Waals surface area contributed by atoms with Crippen LogP contribution in [-0.2, 0) is 0 Å². The zero-order valence-electron chi connectivity index (χ0n) is 9.60. The summed E-state index contributed by atoms with van der Waals surface area (Å²) in [5.74, 6) is 2.30. The van der Waals surface area contributed by atoms with Crippen molar-refractivity contribution in [2.24, 2.45) is 5.73 Å². The number of nitrogens with two attached hydrogens (primary N) is 1. The van der Waals surface area contributed by atoms with Crippen LogP contribution in [0.3, 0.4) is 0 Å². The van der Waals surface area contributed by atoms with Crippen LogP contribution in [0.2, 0.25) is 0 Å². The molecule has 2 heterocycles. The van der Waals surface area contributed by atoms with E-state index in [1.807, 2.05) is 17.5 Å². The van der Waals surface area contributed by atoms with E-state index in [0.29, 0.717) is 11.7 Å². The van der Waals surface area contributed by atoms with Crippen LogP contribution < -0.4 is 5.73 Å². The van der Waals surface area contributed by atoms with Gasteiger partial charge >= 0.3 is 0 Å². The molecular formula is C12H16N4S. The number of H-pyrrole nitrogens is 1. The van der Waals surface area contributed by atoms with Gasteiger partial charge < -0.3 is 5.73 Å². The number of hydrogen-bond acceptors (Lipinski definition) is 4. The summed E-state index contributed by atoms with van der Waals surface area (Å²) in [6.45, 7) is 0. The van der Waals surface area contributed by atoms with Crippen molar-refractivity contribution in [3.8, 4) is 0 Å². The molecular weight excluding hydrogens is 232 g/mol. The number of nitrogens with one attached hydrogen (secondary N) is 1. The van der Waals surface area contributed by atoms with Gasteiger partial charge in [0.2, 0.25) is 0 Å². The van der Waals surface area contributed by atoms with Gasteiger partial charge in [0.1, 0.15) is 11.9 Å². The molecule has 2 aromatic rings. The third-order valence-electron chi connectivity index (χ3n) is 3.39. The fraction of sp³-hybridized carbons (Fsp3) is 0.500. The van der Waals surface area contributed by atoms with Gasteiger partial charge in [-0.05, 0) is 24.3 Å². The van der Waals surface area contributed by atoms with Crippen LogP contribution in [0.4, 0.5) is 0 Å². The standard InChI is InChI=1S/C12H16N4S/c13-10(9-6-3-7-17-9)12-14-11(15-16-12)8-4-1-2-5-8/h3,6-8,10H,1-2,4-5,13H2,(H,14,15,16). The van der Waals surface area contributed by atoms with Gasteiger partial charge in [-0.1, -0.05) is 18.9 Å². The van der Waals surface area contributed by atoms with Gasteiger partial charge in [-0.15, -0.1) is 11.3 Å². The molecule has 1 unspecified atom stereocenters. The van der Waals surface area contributed by atoms with E-state index in [-0.39, 0.29) is 6.04 Å². The van der Waals surface area contributed by atoms with Gasteiger partial charge in [-0.3, -0.25) is 5.10 Å². The largest absolute Gasteiger partial charge is 0.317 e. The second kappa shape index (κ2) is 4.58. The second-order valence-corrected chi connectivity index (χ2v) is 5.53. The zero-order chi connectivity index (χ0) is 11.7. The molecule has 3 rings (SSSR count). The minimum absolute atomic E-state index is 0.193. The summed E-state index contributed by atoms with van der Waals surface area (Å²) in [6, 6.07) is 3.84. The molecule has 0 bridgehead atoms. The zero-order valence-corrected chi connectivity index (χ0v) is 10.4. The normalized spacial score (nSPS) is 18.6. The first-order chi connectivity index (χ1) is 8.34. The van der Waals surface area contributed by atoms with Gasteiger partial charge in [-0.2, -0.15) is 5.10 Å². The highest BCUT2D eigenvalue weighted by Gasteiger charge is 2.22. The van der Waals surface area contributed by atoms with Crippen LogP contribution in [0.1, 0.15) is 54.2 Å². The lowest BCUT2D eigenvalue weighted by molar-refractivity contribution is 0.670. The van der Waals surface area contributed by atoms with Crippen molar-refractivity contribution in [1.29, 1.82) is 0 Å². The molecule has 0 aliphatic heterocycles. The Balaban J connectivity index is 1.80. The highest BCUT2D eigenvalue weighted by atomic mass is 32.1. The molecule has 1 atom stereocenters. The lowest BCUT2D eigenvalue weighted by Gasteiger charge is -2.04. The molecule has 17 heavy (non-hydrogen) atoms. The quantitative estimate of drug-likeness (QED) is 0.877. The smallest absolute Gasteiger partial charge is 0.172 e. The maximum Gasteiger partial charge on any atom is 0.172 e. The molecule has 0 saturated heterocycles. The molecule has 1 saturated carbocycles. The Morgan fingerprint density at radius 1 is 1.41 bits per heavy atom. The Morgan fingerprint density at radius 2 is 2.24 bits per heavy atom. The van der Waals surface area contributed by atoms with E-state index in [9.17, 15) is 0 Å². The van der Waals surface area contributed by atoms with Gasteiger partial charge in [0.25, 0.3) is 0 Å². The summed E-state index contributed by atoms with van der Waals surface area (Å²) in [5, 5.41) is 9.34. The summed E-state index contributed by atoms with van der Waals surface area (Å²) < 4.78 is 0. The van der Waals surface area contributed by atoms with E-state index in [4.69, 9.17) is 5.73 Å². The summed E-state index contributed by atoms with van der Waals surface area (Å²) in [7, 11) is 0. The van der Waals surface area contributed by atoms with Crippen LogP contribution in [0.5, 0.6) is 0 Å². The number of thiophene rings is 1. The SMILES string of the molecule is NC(c1n[nH]c(C2CCCC2)n1)c1cccs1. The van der Waals surface area contributed by atoms with Crippen LogP contribution in [0.25, 0.3) is 0 Å². The third kappa shape index (κ3) is 2.12. The van der Waals surface area contributed by atoms with Crippen molar-refractivity contribution in [3.05, 3.63) is 34.0 Å². The van der Waals surface area contributed by atoms with Crippen molar-refractivity contribution in [2.75, 3.05) is 0 Å². The summed E-state index contributed by atoms with van der Waals surface area (Å²) in [4.78, 5) is 5.68. The van der Waals surface area contributed by atoms with E-state index < -0.39 is 0 Å². The molecule has 0 spiro atoms. The van der Waals surface area contributed by atoms with Crippen LogP contribution >= 0.6 is 11.3 Å². The van der Waals surface area contributed by atoms with Crippen molar-refractivity contribution >= 4 is 11.3 Å². The molecule has 1 aliphatic carbocycles. The fourth-order valence-corrected chi connectivity index (χ4v) is 3.13. The number of aromatic nitrogens is 3. The number of rotatable bonds is 3. The van der Waals surface area contributed by atoms with Crippen LogP contribution in [-0.4, -0.2) is 15.2 Å². The molecule has 2 aromatic heterocycles. The van der Waals surface area contributed by atoms with Crippen molar-refractivity contribution in [2.45, 2.75) is 37.6 Å². The highest BCUT2D eigenvalue weighted by Crippen LogP contribution is 2.32. The Hall–Kier alpha value is -1.20. The molecule has 1 aliphatic rings. The van der Waals surface area contributed by atoms with Crippen molar-refractivity contribution < 1.29 is 0 Å². The fourth-order valence-electron chi connectivity index (χ4n) is 2.40. The van der Waals surface area contributed by atoms with E-state index in [0.717, 1.165) is 10.7 Å². The van der Waals surface area contributed by atoms with Crippen LogP contribution in [0.15, 0.2) is 17.5 Å². The lowest BCUT2D eigenvalue weighted by Crippen LogP contribution is -2.12. The minimum atomic E-state index is -0.193. The number of aromatic amines is 1. The first-order valence-electron chi connectivity index (χ1n) is 6.06. The van der Waals surface area contributed by atoms with E-state index in [1.165, 1.54) is 25.7 Å². The van der Waals surface area contributed by atoms with Crippen LogP contribution in [0, 0.1) is 0 Å². The first kappa shape index (κ1) is 10.9. The predicted molar refractivity (Wildman–Crippen MR) is 67.9 cm³/mol. The Bertz CT molecular complexity index is 470. The molecule has 0 radical (unpaired) electrons. The lowest BCUT2D eigenvalue weighted by atomic mass is 10.1. The summed E-state index contributed by atoms with van der Waals surface area (Å²) in [6.07, 6.45) is 5.06. The highest BCUT2D eigenvalue weighted by molar-refractivity contribution is 7.10. The van der Waals surface area contributed by atoms with Gasteiger partial charge in [0.15, 0.2) is 5.82 Å². The summed E-state index contributed by atoms with van der Waals surface area (Å²) in [5.41, 5.74) is 6.14. The van der Waals surface area contributed by atoms with Crippen molar-refractivity contribution in [3.63, 3.8) is 0 Å². The number of hydrogen-bond donors (Lipinski definition) is 2. The number of nitrogens with zero attached hydrogens (tertiary/aromatic N) is 2. The van der Waals surface area contributed by atoms with Gasteiger partial charge in [0.05, 0.1) is 0 Å². The van der Waals surface area contributed by atoms with Gasteiger partial charge in [-0.25, -0.2) is 4.98 Å². The molecule has 1 fully saturated rings. The third-order valence-corrected chi connectivity index (χ3v) is 4.35. The monoisotopic (exact) mass is 248 g/mol. The predicted octanol–water partition coefficient (Wildman–Crippen LogP) is 2.57. The van der Waals surface area contributed by atoms with E-state index in [2.05, 4.69) is 15.2 Å². The van der Waals surface area contributed by atoms with Gasteiger partial charge in [0, 0.05) is 10.8 Å². The molecule has 4 nitrogen and oxygen atoms in total. The van der Waals surface area contributed by atoms with Crippen molar-refractivity contribution in [1.82, 2.24) is 15.2 Å². The maximum atomic E-state index is 6.14. The maximum absolute atomic E-state index is 6.14. The second-order valence-electron chi connectivity index (χ2n) is 4.55. The average Bonchev–Trinajstić information content (AvgIpc) is 3.09. The minimum Gasteiger partial charge on any atom is -0.317 e. The molecule has 5 heteroatoms. The first-order valence-corrected chi connectivity index (χ1v) is 6.94. The topological polar surface area (TPSA) is 67.6 Å². The Morgan fingerprint density at radius 3 is 2.94 bits per heavy atom. The molecule has 3 N–H and O–H groups in total. The average molecular weight is 248 g/mol. The Labute approximate surface area is 104 Å². The summed E-state index contributed by atoms with van der Waals surface area (Å²) >= 11 is 1.65. The molecule has 0 amide bonds. The molecule has 0 aromatic carbocycles.